The number of H-pyrrole nitrogens is 1. The number of benzene rings is 3. The van der Waals surface area contributed by atoms with Gasteiger partial charge < -0.3 is 10.3 Å². The summed E-state index contributed by atoms with van der Waals surface area (Å²) in [6, 6.07) is 20.2. The molecule has 0 bridgehead atoms. The Balaban J connectivity index is 1.49. The standard InChI is InChI=1S/C22H18ClN3O3S/c23-16-9-10-20-15(14-24-21(20)12-16)11-22(27)25-18-7-4-8-19(13-18)30(28,29)26-17-5-2-1-3-6-17/h1-10,12-14,24,26H,11H2,(H,25,27). The van der Waals surface area contributed by atoms with Crippen LogP contribution in [-0.2, 0) is 21.2 Å². The van der Waals surface area contributed by atoms with Crippen molar-refractivity contribution in [2.45, 2.75) is 11.3 Å². The smallest absolute Gasteiger partial charge is 0.261 e. The highest BCUT2D eigenvalue weighted by atomic mass is 35.5. The lowest BCUT2D eigenvalue weighted by Gasteiger charge is -2.10. The van der Waals surface area contributed by atoms with E-state index in [0.29, 0.717) is 16.4 Å². The molecule has 0 spiro atoms. The fourth-order valence-corrected chi connectivity index (χ4v) is 4.42. The molecule has 3 aromatic carbocycles. The molecule has 0 saturated heterocycles. The van der Waals surface area contributed by atoms with Gasteiger partial charge in [0.05, 0.1) is 11.3 Å². The molecular formula is C22H18ClN3O3S. The van der Waals surface area contributed by atoms with Gasteiger partial charge in [0, 0.05) is 33.5 Å². The largest absolute Gasteiger partial charge is 0.361 e. The molecule has 1 aromatic heterocycles. The number of hydrogen-bond acceptors (Lipinski definition) is 3. The molecule has 152 valence electrons. The predicted molar refractivity (Wildman–Crippen MR) is 119 cm³/mol. The minimum absolute atomic E-state index is 0.0610. The Hall–Kier alpha value is -3.29. The Bertz CT molecular complexity index is 1320. The molecule has 1 amide bonds. The van der Waals surface area contributed by atoms with Gasteiger partial charge in [-0.2, -0.15) is 0 Å². The predicted octanol–water partition coefficient (Wildman–Crippen LogP) is 4.80. The topological polar surface area (TPSA) is 91.1 Å². The Labute approximate surface area is 178 Å². The number of fused-ring (bicyclic) bond motifs is 1. The van der Waals surface area contributed by atoms with Crippen LogP contribution in [0, 0.1) is 0 Å². The van der Waals surface area contributed by atoms with E-state index in [2.05, 4.69) is 15.0 Å². The molecule has 0 aliphatic rings. The maximum Gasteiger partial charge on any atom is 0.261 e. The van der Waals surface area contributed by atoms with E-state index in [1.54, 1.807) is 60.8 Å². The monoisotopic (exact) mass is 439 g/mol. The second-order valence-electron chi connectivity index (χ2n) is 6.73. The molecule has 0 fully saturated rings. The van der Waals surface area contributed by atoms with E-state index in [-0.39, 0.29) is 17.2 Å². The molecule has 0 aliphatic heterocycles. The van der Waals surface area contributed by atoms with Crippen LogP contribution in [0.5, 0.6) is 0 Å². The van der Waals surface area contributed by atoms with Crippen LogP contribution in [0.3, 0.4) is 0 Å². The van der Waals surface area contributed by atoms with E-state index < -0.39 is 10.0 Å². The fraction of sp³-hybridized carbons (Fsp3) is 0.0455. The number of amides is 1. The van der Waals surface area contributed by atoms with E-state index in [9.17, 15) is 13.2 Å². The lowest BCUT2D eigenvalue weighted by atomic mass is 10.1. The number of nitrogens with one attached hydrogen (secondary N) is 3. The van der Waals surface area contributed by atoms with E-state index in [1.807, 2.05) is 6.07 Å². The first-order valence-corrected chi connectivity index (χ1v) is 11.0. The molecular weight excluding hydrogens is 422 g/mol. The third-order valence-corrected chi connectivity index (χ3v) is 6.15. The van der Waals surface area contributed by atoms with Crippen LogP contribution < -0.4 is 10.0 Å². The number of halogens is 1. The maximum absolute atomic E-state index is 12.6. The Morgan fingerprint density at radius 1 is 0.933 bits per heavy atom. The lowest BCUT2D eigenvalue weighted by Crippen LogP contribution is -2.16. The van der Waals surface area contributed by atoms with E-state index in [4.69, 9.17) is 11.6 Å². The molecule has 4 aromatic rings. The summed E-state index contributed by atoms with van der Waals surface area (Å²) in [5, 5.41) is 4.29. The zero-order valence-electron chi connectivity index (χ0n) is 15.7. The molecule has 6 nitrogen and oxygen atoms in total. The summed E-state index contributed by atoms with van der Waals surface area (Å²) in [5.74, 6) is -0.253. The third kappa shape index (κ3) is 4.48. The Kier molecular flexibility index (Phi) is 5.48. The van der Waals surface area contributed by atoms with Crippen LogP contribution in [0.2, 0.25) is 5.02 Å². The molecule has 0 atom stereocenters. The second-order valence-corrected chi connectivity index (χ2v) is 8.85. The van der Waals surface area contributed by atoms with Gasteiger partial charge in [0.15, 0.2) is 0 Å². The fourth-order valence-electron chi connectivity index (χ4n) is 3.14. The van der Waals surface area contributed by atoms with Gasteiger partial charge in [-0.05, 0) is 48.0 Å². The van der Waals surface area contributed by atoms with Crippen molar-refractivity contribution < 1.29 is 13.2 Å². The normalized spacial score (nSPS) is 11.4. The summed E-state index contributed by atoms with van der Waals surface area (Å²) in [5.41, 5.74) is 2.55. The van der Waals surface area contributed by atoms with Gasteiger partial charge >= 0.3 is 0 Å². The molecule has 8 heteroatoms. The summed E-state index contributed by atoms with van der Waals surface area (Å²) < 4.78 is 27.8. The molecule has 4 rings (SSSR count). The number of hydrogen-bond donors (Lipinski definition) is 3. The van der Waals surface area contributed by atoms with E-state index >= 15 is 0 Å². The number of para-hydroxylation sites is 1. The van der Waals surface area contributed by atoms with Crippen LogP contribution >= 0.6 is 11.6 Å². The van der Waals surface area contributed by atoms with Crippen LogP contribution in [0.4, 0.5) is 11.4 Å². The first-order chi connectivity index (χ1) is 14.4. The van der Waals surface area contributed by atoms with Crippen molar-refractivity contribution in [2.75, 3.05) is 10.0 Å². The number of aromatic amines is 1. The molecule has 0 radical (unpaired) electrons. The van der Waals surface area contributed by atoms with Gasteiger partial charge in [0.25, 0.3) is 10.0 Å². The van der Waals surface area contributed by atoms with Gasteiger partial charge in [-0.25, -0.2) is 8.42 Å². The average molecular weight is 440 g/mol. The number of carbonyl (C=O) groups is 1. The number of aromatic nitrogens is 1. The number of sulfonamides is 1. The quantitative estimate of drug-likeness (QED) is 0.403. The molecule has 0 unspecified atom stereocenters. The first kappa shape index (κ1) is 20.0. The lowest BCUT2D eigenvalue weighted by molar-refractivity contribution is -0.115. The van der Waals surface area contributed by atoms with E-state index in [1.165, 1.54) is 12.1 Å². The summed E-state index contributed by atoms with van der Waals surface area (Å²) >= 11 is 5.99. The van der Waals surface area contributed by atoms with Crippen molar-refractivity contribution in [1.29, 1.82) is 0 Å². The molecule has 0 aliphatic carbocycles. The van der Waals surface area contributed by atoms with Gasteiger partial charge in [-0.15, -0.1) is 0 Å². The molecule has 3 N–H and O–H groups in total. The average Bonchev–Trinajstić information content (AvgIpc) is 3.10. The third-order valence-electron chi connectivity index (χ3n) is 4.53. The van der Waals surface area contributed by atoms with Gasteiger partial charge in [0.1, 0.15) is 0 Å². The van der Waals surface area contributed by atoms with Crippen LogP contribution in [0.1, 0.15) is 5.56 Å². The first-order valence-electron chi connectivity index (χ1n) is 9.14. The highest BCUT2D eigenvalue weighted by Crippen LogP contribution is 2.23. The molecule has 30 heavy (non-hydrogen) atoms. The van der Waals surface area contributed by atoms with Crippen molar-refractivity contribution in [2.24, 2.45) is 0 Å². The zero-order chi connectivity index (χ0) is 21.1. The number of anilines is 2. The molecule has 0 saturated carbocycles. The van der Waals surface area contributed by atoms with Gasteiger partial charge in [-0.1, -0.05) is 41.9 Å². The van der Waals surface area contributed by atoms with Gasteiger partial charge in [-0.3, -0.25) is 9.52 Å². The van der Waals surface area contributed by atoms with Crippen molar-refractivity contribution >= 4 is 49.8 Å². The zero-order valence-corrected chi connectivity index (χ0v) is 17.3. The highest BCUT2D eigenvalue weighted by Gasteiger charge is 2.16. The summed E-state index contributed by atoms with van der Waals surface area (Å²) in [6.45, 7) is 0. The highest BCUT2D eigenvalue weighted by molar-refractivity contribution is 7.92. The van der Waals surface area contributed by atoms with Crippen molar-refractivity contribution in [3.05, 3.63) is 89.6 Å². The second kappa shape index (κ2) is 8.22. The number of rotatable bonds is 6. The minimum atomic E-state index is -3.77. The van der Waals surface area contributed by atoms with Crippen molar-refractivity contribution in [1.82, 2.24) is 4.98 Å². The van der Waals surface area contributed by atoms with Crippen molar-refractivity contribution in [3.63, 3.8) is 0 Å². The SMILES string of the molecule is O=C(Cc1c[nH]c2cc(Cl)ccc12)Nc1cccc(S(=O)(=O)Nc2ccccc2)c1. The number of carbonyl (C=O) groups excluding carboxylic acids is 1. The summed E-state index contributed by atoms with van der Waals surface area (Å²) in [4.78, 5) is 15.7. The summed E-state index contributed by atoms with van der Waals surface area (Å²) in [6.07, 6.45) is 1.91. The molecule has 1 heterocycles. The van der Waals surface area contributed by atoms with Crippen molar-refractivity contribution in [3.8, 4) is 0 Å². The Morgan fingerprint density at radius 3 is 2.50 bits per heavy atom. The minimum Gasteiger partial charge on any atom is -0.361 e. The Morgan fingerprint density at radius 2 is 1.70 bits per heavy atom. The van der Waals surface area contributed by atoms with Crippen LogP contribution in [0.25, 0.3) is 10.9 Å². The van der Waals surface area contributed by atoms with E-state index in [0.717, 1.165) is 16.5 Å². The maximum atomic E-state index is 12.6. The van der Waals surface area contributed by atoms with Crippen LogP contribution in [-0.4, -0.2) is 19.3 Å². The van der Waals surface area contributed by atoms with Gasteiger partial charge in [0.2, 0.25) is 5.91 Å². The van der Waals surface area contributed by atoms with Crippen LogP contribution in [0.15, 0.2) is 83.9 Å². The summed E-state index contributed by atoms with van der Waals surface area (Å²) in [7, 11) is -3.77.